The smallest absolute Gasteiger partial charge is 0.344 e. The molecule has 0 aliphatic carbocycles. The highest BCUT2D eigenvalue weighted by Crippen LogP contribution is 2.31. The second kappa shape index (κ2) is 9.23. The summed E-state index contributed by atoms with van der Waals surface area (Å²) in [4.78, 5) is 17.9. The minimum absolute atomic E-state index is 0.355. The van der Waals surface area contributed by atoms with Gasteiger partial charge in [0.15, 0.2) is 17.6 Å². The maximum Gasteiger partial charge on any atom is 0.344 e. The minimum Gasteiger partial charge on any atom is -0.493 e. The molecule has 1 fully saturated rings. The Morgan fingerprint density at radius 3 is 2.57 bits per heavy atom. The molecule has 7 nitrogen and oxygen atoms in total. The van der Waals surface area contributed by atoms with Crippen LogP contribution >= 0.6 is 0 Å². The van der Waals surface area contributed by atoms with E-state index in [0.29, 0.717) is 17.1 Å². The first kappa shape index (κ1) is 19.7. The van der Waals surface area contributed by atoms with Crippen molar-refractivity contribution in [2.45, 2.75) is 13.0 Å². The molecule has 0 aromatic heterocycles. The summed E-state index contributed by atoms with van der Waals surface area (Å²) in [5.74, 6) is -0.235. The average molecular weight is 384 g/mol. The van der Waals surface area contributed by atoms with Crippen molar-refractivity contribution in [3.8, 4) is 11.5 Å². The Kier molecular flexibility index (Phi) is 6.49. The summed E-state index contributed by atoms with van der Waals surface area (Å²) >= 11 is 0. The lowest BCUT2D eigenvalue weighted by Gasteiger charge is -2.28. The van der Waals surface area contributed by atoms with E-state index in [4.69, 9.17) is 19.3 Å². The van der Waals surface area contributed by atoms with Gasteiger partial charge in [-0.25, -0.2) is 4.79 Å². The fraction of sp³-hybridized carbons (Fsp3) is 0.333. The highest BCUT2D eigenvalue weighted by atomic mass is 16.5. The number of rotatable bonds is 7. The molecule has 2 aromatic carbocycles. The Morgan fingerprint density at radius 1 is 1.21 bits per heavy atom. The van der Waals surface area contributed by atoms with Crippen molar-refractivity contribution in [1.82, 2.24) is 0 Å². The van der Waals surface area contributed by atoms with Gasteiger partial charge in [0.2, 0.25) is 0 Å². The quantitative estimate of drug-likeness (QED) is 0.739. The van der Waals surface area contributed by atoms with Gasteiger partial charge in [-0.2, -0.15) is 0 Å². The largest absolute Gasteiger partial charge is 0.493 e. The van der Waals surface area contributed by atoms with E-state index in [2.05, 4.69) is 9.89 Å². The fourth-order valence-electron chi connectivity index (χ4n) is 2.86. The van der Waals surface area contributed by atoms with E-state index in [9.17, 15) is 4.79 Å². The van der Waals surface area contributed by atoms with Gasteiger partial charge < -0.3 is 24.2 Å². The van der Waals surface area contributed by atoms with Gasteiger partial charge in [0.05, 0.1) is 26.0 Å². The Labute approximate surface area is 164 Å². The molecule has 2 aromatic rings. The molecule has 0 amide bonds. The second-order valence-electron chi connectivity index (χ2n) is 6.35. The molecule has 0 bridgehead atoms. The van der Waals surface area contributed by atoms with Gasteiger partial charge in [0.25, 0.3) is 0 Å². The lowest BCUT2D eigenvalue weighted by atomic mass is 10.2. The van der Waals surface area contributed by atoms with E-state index >= 15 is 0 Å². The molecule has 1 atom stereocenters. The standard InChI is InChI=1S/C21H24N2O5/c1-15(21(24)25)28-20-16(4-3-5-19(20)26-2)14-22-17-6-8-18(9-7-17)23-10-12-27-13-11-23/h3-9,14-15H,10-13H2,1-2H3,(H,24,25)/t15-/m0/s1. The Hall–Kier alpha value is -3.06. The number of aliphatic carboxylic acids is 1. The number of ether oxygens (including phenoxy) is 3. The molecule has 1 heterocycles. The van der Waals surface area contributed by atoms with Crippen LogP contribution in [0.2, 0.25) is 0 Å². The first-order valence-corrected chi connectivity index (χ1v) is 9.12. The monoisotopic (exact) mass is 384 g/mol. The third kappa shape index (κ3) is 4.80. The van der Waals surface area contributed by atoms with Crippen molar-refractivity contribution in [3.05, 3.63) is 48.0 Å². The van der Waals surface area contributed by atoms with E-state index in [0.717, 1.165) is 37.7 Å². The predicted molar refractivity (Wildman–Crippen MR) is 107 cm³/mol. The van der Waals surface area contributed by atoms with E-state index in [-0.39, 0.29) is 0 Å². The molecule has 0 radical (unpaired) electrons. The van der Waals surface area contributed by atoms with Gasteiger partial charge in [-0.15, -0.1) is 0 Å². The maximum atomic E-state index is 11.1. The van der Waals surface area contributed by atoms with Gasteiger partial charge in [0, 0.05) is 30.6 Å². The number of carboxylic acid groups (broad SMARTS) is 1. The highest BCUT2D eigenvalue weighted by molar-refractivity contribution is 5.87. The zero-order valence-electron chi connectivity index (χ0n) is 16.0. The zero-order valence-corrected chi connectivity index (χ0v) is 16.0. The average Bonchev–Trinajstić information content (AvgIpc) is 2.73. The summed E-state index contributed by atoms with van der Waals surface area (Å²) < 4.78 is 16.3. The first-order chi connectivity index (χ1) is 13.6. The summed E-state index contributed by atoms with van der Waals surface area (Å²) in [6.45, 7) is 4.73. The van der Waals surface area contributed by atoms with Crippen LogP contribution in [0, 0.1) is 0 Å². The summed E-state index contributed by atoms with van der Waals surface area (Å²) in [7, 11) is 1.51. The molecule has 28 heavy (non-hydrogen) atoms. The number of para-hydroxylation sites is 1. The number of aliphatic imine (C=N–C) groups is 1. The SMILES string of the molecule is COc1cccc(C=Nc2ccc(N3CCOCC3)cc2)c1O[C@@H](C)C(=O)O. The van der Waals surface area contributed by atoms with Crippen LogP contribution in [0.25, 0.3) is 0 Å². The van der Waals surface area contributed by atoms with Crippen molar-refractivity contribution in [3.63, 3.8) is 0 Å². The van der Waals surface area contributed by atoms with Crippen molar-refractivity contribution < 1.29 is 24.1 Å². The number of carboxylic acids is 1. The summed E-state index contributed by atoms with van der Waals surface area (Å²) in [6.07, 6.45) is 0.646. The van der Waals surface area contributed by atoms with Crippen LogP contribution < -0.4 is 14.4 Å². The van der Waals surface area contributed by atoms with E-state index in [1.807, 2.05) is 24.3 Å². The lowest BCUT2D eigenvalue weighted by molar-refractivity contribution is -0.144. The van der Waals surface area contributed by atoms with E-state index in [1.54, 1.807) is 24.4 Å². The Bertz CT molecular complexity index is 829. The maximum absolute atomic E-state index is 11.1. The Balaban J connectivity index is 1.78. The topological polar surface area (TPSA) is 80.6 Å². The van der Waals surface area contributed by atoms with Crippen LogP contribution in [0.5, 0.6) is 11.5 Å². The molecule has 1 aliphatic rings. The third-order valence-corrected chi connectivity index (χ3v) is 4.45. The van der Waals surface area contributed by atoms with Crippen molar-refractivity contribution >= 4 is 23.6 Å². The highest BCUT2D eigenvalue weighted by Gasteiger charge is 2.18. The van der Waals surface area contributed by atoms with Gasteiger partial charge in [-0.1, -0.05) is 6.07 Å². The normalized spacial score (nSPS) is 15.4. The number of hydrogen-bond donors (Lipinski definition) is 1. The molecular weight excluding hydrogens is 360 g/mol. The van der Waals surface area contributed by atoms with Crippen molar-refractivity contribution in [2.24, 2.45) is 4.99 Å². The van der Waals surface area contributed by atoms with Gasteiger partial charge >= 0.3 is 5.97 Å². The molecule has 1 aliphatic heterocycles. The second-order valence-corrected chi connectivity index (χ2v) is 6.35. The van der Waals surface area contributed by atoms with Crippen molar-refractivity contribution in [2.75, 3.05) is 38.3 Å². The molecule has 1 saturated heterocycles. The van der Waals surface area contributed by atoms with E-state index in [1.165, 1.54) is 14.0 Å². The molecule has 0 spiro atoms. The minimum atomic E-state index is -1.05. The molecular formula is C21H24N2O5. The molecule has 0 unspecified atom stereocenters. The summed E-state index contributed by atoms with van der Waals surface area (Å²) in [6, 6.07) is 13.3. The molecule has 148 valence electrons. The number of nitrogens with zero attached hydrogens (tertiary/aromatic N) is 2. The molecule has 1 N–H and O–H groups in total. The summed E-state index contributed by atoms with van der Waals surface area (Å²) in [5.41, 5.74) is 2.57. The number of hydrogen-bond acceptors (Lipinski definition) is 6. The van der Waals surface area contributed by atoms with E-state index < -0.39 is 12.1 Å². The summed E-state index contributed by atoms with van der Waals surface area (Å²) in [5, 5.41) is 9.13. The number of carbonyl (C=O) groups is 1. The van der Waals surface area contributed by atoms with Crippen molar-refractivity contribution in [1.29, 1.82) is 0 Å². The van der Waals surface area contributed by atoms with Crippen LogP contribution in [-0.2, 0) is 9.53 Å². The van der Waals surface area contributed by atoms with Crippen LogP contribution in [0.15, 0.2) is 47.5 Å². The lowest BCUT2D eigenvalue weighted by Crippen LogP contribution is -2.36. The Morgan fingerprint density at radius 2 is 1.93 bits per heavy atom. The molecule has 7 heteroatoms. The number of methoxy groups -OCH3 is 1. The predicted octanol–water partition coefficient (Wildman–Crippen LogP) is 3.13. The fourth-order valence-corrected chi connectivity index (χ4v) is 2.86. The third-order valence-electron chi connectivity index (χ3n) is 4.45. The first-order valence-electron chi connectivity index (χ1n) is 9.12. The number of anilines is 1. The number of benzene rings is 2. The van der Waals surface area contributed by atoms with Gasteiger partial charge in [-0.3, -0.25) is 4.99 Å². The number of morpholine rings is 1. The van der Waals surface area contributed by atoms with Gasteiger partial charge in [0.1, 0.15) is 0 Å². The van der Waals surface area contributed by atoms with Gasteiger partial charge in [-0.05, 0) is 43.3 Å². The zero-order chi connectivity index (χ0) is 19.9. The molecule has 0 saturated carbocycles. The van der Waals surface area contributed by atoms with Crippen LogP contribution in [0.1, 0.15) is 12.5 Å². The molecule has 3 rings (SSSR count). The van der Waals surface area contributed by atoms with Crippen LogP contribution in [-0.4, -0.2) is 56.8 Å². The van der Waals surface area contributed by atoms with Crippen LogP contribution in [0.4, 0.5) is 11.4 Å². The van der Waals surface area contributed by atoms with Crippen LogP contribution in [0.3, 0.4) is 0 Å².